The molecule has 14 heavy (non-hydrogen) atoms. The molecule has 0 fully saturated rings. The maximum absolute atomic E-state index is 6.06. The van der Waals surface area contributed by atoms with Crippen LogP contribution in [0.4, 0.5) is 0 Å². The highest BCUT2D eigenvalue weighted by Crippen LogP contribution is 2.30. The average molecular weight is 231 g/mol. The highest BCUT2D eigenvalue weighted by atomic mass is 35.5. The van der Waals surface area contributed by atoms with Crippen LogP contribution >= 0.6 is 23.2 Å². The number of benzene rings is 1. The van der Waals surface area contributed by atoms with E-state index in [1.165, 1.54) is 24.0 Å². The number of unbranched alkanes of at least 4 members (excludes halogenated alkanes) is 1. The molecule has 1 aromatic rings. The number of hydrogen-bond acceptors (Lipinski definition) is 0. The molecule has 0 bridgehead atoms. The topological polar surface area (TPSA) is 0 Å². The largest absolute Gasteiger partial charge is 0.0827 e. The van der Waals surface area contributed by atoms with Gasteiger partial charge in [0.05, 0.1) is 10.0 Å². The molecule has 2 heteroatoms. The summed E-state index contributed by atoms with van der Waals surface area (Å²) in [6.07, 6.45) is 3.51. The van der Waals surface area contributed by atoms with E-state index in [-0.39, 0.29) is 0 Å². The van der Waals surface area contributed by atoms with E-state index in [2.05, 4.69) is 13.8 Å². The summed E-state index contributed by atoms with van der Waals surface area (Å²) < 4.78 is 0. The number of rotatable bonds is 3. The van der Waals surface area contributed by atoms with Crippen molar-refractivity contribution < 1.29 is 0 Å². The van der Waals surface area contributed by atoms with Gasteiger partial charge < -0.3 is 0 Å². The summed E-state index contributed by atoms with van der Waals surface area (Å²) in [5, 5.41) is 1.38. The van der Waals surface area contributed by atoms with Crippen LogP contribution < -0.4 is 0 Å². The highest BCUT2D eigenvalue weighted by molar-refractivity contribution is 6.42. The summed E-state index contributed by atoms with van der Waals surface area (Å²) in [4.78, 5) is 0. The van der Waals surface area contributed by atoms with Crippen molar-refractivity contribution in [3.63, 3.8) is 0 Å². The third kappa shape index (κ3) is 2.43. The van der Waals surface area contributed by atoms with Gasteiger partial charge >= 0.3 is 0 Å². The Hall–Kier alpha value is -0.200. The van der Waals surface area contributed by atoms with E-state index in [9.17, 15) is 0 Å². The van der Waals surface area contributed by atoms with Crippen molar-refractivity contribution in [2.45, 2.75) is 40.0 Å². The molecule has 0 aliphatic heterocycles. The van der Waals surface area contributed by atoms with Crippen LogP contribution in [0.5, 0.6) is 0 Å². The van der Waals surface area contributed by atoms with Crippen molar-refractivity contribution in [1.29, 1.82) is 0 Å². The van der Waals surface area contributed by atoms with E-state index in [1.54, 1.807) is 0 Å². The van der Waals surface area contributed by atoms with E-state index in [0.717, 1.165) is 12.0 Å². The first kappa shape index (κ1) is 11.9. The SMILES string of the molecule is CCCCc1cc(Cl)c(Cl)c(C)c1C. The Morgan fingerprint density at radius 2 is 1.79 bits per heavy atom. The molecule has 1 aromatic carbocycles. The summed E-state index contributed by atoms with van der Waals surface area (Å²) in [5.41, 5.74) is 3.73. The van der Waals surface area contributed by atoms with Gasteiger partial charge in [-0.15, -0.1) is 0 Å². The first-order chi connectivity index (χ1) is 6.57. The summed E-state index contributed by atoms with van der Waals surface area (Å²) in [6, 6.07) is 2.00. The van der Waals surface area contributed by atoms with Crippen LogP contribution in [0.3, 0.4) is 0 Å². The van der Waals surface area contributed by atoms with E-state index >= 15 is 0 Å². The Morgan fingerprint density at radius 1 is 1.14 bits per heavy atom. The Kier molecular flexibility index (Phi) is 4.28. The lowest BCUT2D eigenvalue weighted by Crippen LogP contribution is -1.94. The predicted octanol–water partition coefficient (Wildman–Crippen LogP) is 4.95. The van der Waals surface area contributed by atoms with Gasteiger partial charge in [0.2, 0.25) is 0 Å². The maximum Gasteiger partial charge on any atom is 0.0624 e. The first-order valence-electron chi connectivity index (χ1n) is 5.02. The summed E-state index contributed by atoms with van der Waals surface area (Å²) >= 11 is 12.1. The monoisotopic (exact) mass is 230 g/mol. The third-order valence-electron chi connectivity index (χ3n) is 2.68. The predicted molar refractivity (Wildman–Crippen MR) is 64.5 cm³/mol. The lowest BCUT2D eigenvalue weighted by atomic mass is 9.99. The summed E-state index contributed by atoms with van der Waals surface area (Å²) in [6.45, 7) is 6.33. The van der Waals surface area contributed by atoms with Gasteiger partial charge in [0, 0.05) is 0 Å². The average Bonchev–Trinajstić information content (AvgIpc) is 2.18. The summed E-state index contributed by atoms with van der Waals surface area (Å²) in [7, 11) is 0. The molecule has 0 saturated heterocycles. The molecule has 0 aromatic heterocycles. The maximum atomic E-state index is 6.06. The minimum atomic E-state index is 0.681. The van der Waals surface area contributed by atoms with Crippen molar-refractivity contribution in [1.82, 2.24) is 0 Å². The molecule has 0 N–H and O–H groups in total. The smallest absolute Gasteiger partial charge is 0.0624 e. The van der Waals surface area contributed by atoms with Crippen molar-refractivity contribution in [3.05, 3.63) is 32.8 Å². The first-order valence-corrected chi connectivity index (χ1v) is 5.77. The van der Waals surface area contributed by atoms with Gasteiger partial charge in [0.25, 0.3) is 0 Å². The molecule has 0 amide bonds. The number of aryl methyl sites for hydroxylation is 1. The van der Waals surface area contributed by atoms with Crippen LogP contribution in [0.15, 0.2) is 6.07 Å². The van der Waals surface area contributed by atoms with Gasteiger partial charge in [0.1, 0.15) is 0 Å². The van der Waals surface area contributed by atoms with Gasteiger partial charge in [-0.25, -0.2) is 0 Å². The second-order valence-electron chi connectivity index (χ2n) is 3.69. The zero-order valence-corrected chi connectivity index (χ0v) is 10.5. The molecule has 0 atom stereocenters. The van der Waals surface area contributed by atoms with Gasteiger partial charge in [-0.3, -0.25) is 0 Å². The van der Waals surface area contributed by atoms with Gasteiger partial charge in [0.15, 0.2) is 0 Å². The van der Waals surface area contributed by atoms with Crippen LogP contribution in [0.25, 0.3) is 0 Å². The minimum absolute atomic E-state index is 0.681. The fourth-order valence-electron chi connectivity index (χ4n) is 1.54. The molecule has 0 spiro atoms. The molecule has 0 unspecified atom stereocenters. The van der Waals surface area contributed by atoms with Crippen molar-refractivity contribution in [2.75, 3.05) is 0 Å². The normalized spacial score (nSPS) is 10.6. The highest BCUT2D eigenvalue weighted by Gasteiger charge is 2.08. The quantitative estimate of drug-likeness (QED) is 0.690. The van der Waals surface area contributed by atoms with Gasteiger partial charge in [-0.2, -0.15) is 0 Å². The molecule has 0 heterocycles. The van der Waals surface area contributed by atoms with Crippen LogP contribution in [0.2, 0.25) is 10.0 Å². The minimum Gasteiger partial charge on any atom is -0.0827 e. The molecule has 0 aliphatic carbocycles. The molecule has 78 valence electrons. The van der Waals surface area contributed by atoms with Crippen LogP contribution in [0.1, 0.15) is 36.5 Å². The van der Waals surface area contributed by atoms with E-state index < -0.39 is 0 Å². The second kappa shape index (κ2) is 5.04. The van der Waals surface area contributed by atoms with Gasteiger partial charge in [-0.1, -0.05) is 36.5 Å². The van der Waals surface area contributed by atoms with Crippen LogP contribution in [-0.4, -0.2) is 0 Å². The molecule has 0 nitrogen and oxygen atoms in total. The van der Waals surface area contributed by atoms with E-state index in [1.807, 2.05) is 13.0 Å². The molecule has 0 saturated carbocycles. The summed E-state index contributed by atoms with van der Waals surface area (Å²) in [5.74, 6) is 0. The van der Waals surface area contributed by atoms with Crippen molar-refractivity contribution in [3.8, 4) is 0 Å². The molecule has 0 radical (unpaired) electrons. The van der Waals surface area contributed by atoms with Gasteiger partial charge in [-0.05, 0) is 49.4 Å². The molecular formula is C12H16Cl2. The van der Waals surface area contributed by atoms with Crippen LogP contribution in [-0.2, 0) is 6.42 Å². The molecule has 1 rings (SSSR count). The zero-order chi connectivity index (χ0) is 10.7. The fraction of sp³-hybridized carbons (Fsp3) is 0.500. The Bertz CT molecular complexity index is 330. The standard InChI is InChI=1S/C12H16Cl2/c1-4-5-6-10-7-11(13)12(14)9(3)8(10)2/h7H,4-6H2,1-3H3. The Balaban J connectivity index is 3.06. The Morgan fingerprint density at radius 3 is 2.36 bits per heavy atom. The number of halogens is 2. The van der Waals surface area contributed by atoms with E-state index in [0.29, 0.717) is 10.0 Å². The van der Waals surface area contributed by atoms with Crippen molar-refractivity contribution in [2.24, 2.45) is 0 Å². The lowest BCUT2D eigenvalue weighted by Gasteiger charge is -2.11. The van der Waals surface area contributed by atoms with E-state index in [4.69, 9.17) is 23.2 Å². The van der Waals surface area contributed by atoms with Crippen LogP contribution in [0, 0.1) is 13.8 Å². The lowest BCUT2D eigenvalue weighted by molar-refractivity contribution is 0.790. The second-order valence-corrected chi connectivity index (χ2v) is 4.47. The Labute approximate surface area is 96.2 Å². The third-order valence-corrected chi connectivity index (χ3v) is 3.57. The fourth-order valence-corrected chi connectivity index (χ4v) is 2.01. The number of hydrogen-bond donors (Lipinski definition) is 0. The zero-order valence-electron chi connectivity index (χ0n) is 8.95. The van der Waals surface area contributed by atoms with Crippen molar-refractivity contribution >= 4 is 23.2 Å². The molecule has 0 aliphatic rings. The molecular weight excluding hydrogens is 215 g/mol.